The fourth-order valence-electron chi connectivity index (χ4n) is 1.75. The van der Waals surface area contributed by atoms with E-state index in [0.29, 0.717) is 0 Å². The van der Waals surface area contributed by atoms with Crippen molar-refractivity contribution in [3.63, 3.8) is 0 Å². The molecule has 14 heavy (non-hydrogen) atoms. The van der Waals surface area contributed by atoms with E-state index < -0.39 is 0 Å². The lowest BCUT2D eigenvalue weighted by Gasteiger charge is -2.01. The van der Waals surface area contributed by atoms with Crippen LogP contribution < -0.4 is 5.73 Å². The van der Waals surface area contributed by atoms with Crippen molar-refractivity contribution in [2.75, 3.05) is 0 Å². The lowest BCUT2D eigenvalue weighted by atomic mass is 10.1. The number of nitrogens with zero attached hydrogens (tertiary/aromatic N) is 1. The Morgan fingerprint density at radius 1 is 1.43 bits per heavy atom. The number of nitrogens with two attached hydrogens (primary N) is 1. The zero-order valence-electron chi connectivity index (χ0n) is 8.29. The highest BCUT2D eigenvalue weighted by Crippen LogP contribution is 2.25. The molecule has 74 valence electrons. The summed E-state index contributed by atoms with van der Waals surface area (Å²) in [6.07, 6.45) is 1.95. The molecule has 0 spiro atoms. The standard InChI is InChI=1S/C11H13FN2/c1-7(13)10-6-14(2)11-5-8(12)3-4-9(10)11/h3-7H,13H2,1-2H3/t7-/m0/s1. The molecule has 2 N–H and O–H groups in total. The van der Waals surface area contributed by atoms with Gasteiger partial charge in [0.15, 0.2) is 0 Å². The van der Waals surface area contributed by atoms with Gasteiger partial charge in [0, 0.05) is 24.7 Å². The lowest BCUT2D eigenvalue weighted by molar-refractivity contribution is 0.629. The second-order valence-corrected chi connectivity index (χ2v) is 3.65. The average Bonchev–Trinajstić information content (AvgIpc) is 2.44. The van der Waals surface area contributed by atoms with Crippen molar-refractivity contribution in [2.45, 2.75) is 13.0 Å². The molecule has 2 aromatic rings. The van der Waals surface area contributed by atoms with E-state index in [9.17, 15) is 4.39 Å². The van der Waals surface area contributed by atoms with Crippen LogP contribution in [0.1, 0.15) is 18.5 Å². The van der Waals surface area contributed by atoms with Crippen LogP contribution in [0.5, 0.6) is 0 Å². The summed E-state index contributed by atoms with van der Waals surface area (Å²) in [4.78, 5) is 0. The molecule has 1 aromatic heterocycles. The van der Waals surface area contributed by atoms with Gasteiger partial charge in [-0.25, -0.2) is 4.39 Å². The van der Waals surface area contributed by atoms with Crippen LogP contribution in [-0.4, -0.2) is 4.57 Å². The molecule has 0 aliphatic heterocycles. The first-order valence-corrected chi connectivity index (χ1v) is 4.59. The van der Waals surface area contributed by atoms with Crippen molar-refractivity contribution >= 4 is 10.9 Å². The SMILES string of the molecule is C[C@H](N)c1cn(C)c2cc(F)ccc12. The molecular formula is C11H13FN2. The van der Waals surface area contributed by atoms with Crippen molar-refractivity contribution < 1.29 is 4.39 Å². The van der Waals surface area contributed by atoms with Gasteiger partial charge in [-0.05, 0) is 30.7 Å². The van der Waals surface area contributed by atoms with Gasteiger partial charge in [0.2, 0.25) is 0 Å². The van der Waals surface area contributed by atoms with Crippen molar-refractivity contribution in [1.29, 1.82) is 0 Å². The molecule has 1 aromatic carbocycles. The van der Waals surface area contributed by atoms with E-state index >= 15 is 0 Å². The number of halogens is 1. The van der Waals surface area contributed by atoms with Gasteiger partial charge in [-0.15, -0.1) is 0 Å². The first-order valence-electron chi connectivity index (χ1n) is 4.59. The predicted octanol–water partition coefficient (Wildman–Crippen LogP) is 2.34. The Morgan fingerprint density at radius 3 is 2.79 bits per heavy atom. The third-order valence-electron chi connectivity index (χ3n) is 2.47. The molecule has 0 unspecified atom stereocenters. The highest BCUT2D eigenvalue weighted by molar-refractivity contribution is 5.84. The highest BCUT2D eigenvalue weighted by Gasteiger charge is 2.09. The molecule has 1 atom stereocenters. The molecule has 0 fully saturated rings. The predicted molar refractivity (Wildman–Crippen MR) is 55.5 cm³/mol. The Balaban J connectivity index is 2.77. The van der Waals surface area contributed by atoms with Crippen molar-refractivity contribution in [1.82, 2.24) is 4.57 Å². The normalized spacial score (nSPS) is 13.4. The summed E-state index contributed by atoms with van der Waals surface area (Å²) < 4.78 is 14.9. The van der Waals surface area contributed by atoms with E-state index in [2.05, 4.69) is 0 Å². The van der Waals surface area contributed by atoms with Crippen LogP contribution in [0.3, 0.4) is 0 Å². The molecule has 0 saturated heterocycles. The average molecular weight is 192 g/mol. The summed E-state index contributed by atoms with van der Waals surface area (Å²) in [7, 11) is 1.90. The van der Waals surface area contributed by atoms with Crippen LogP contribution >= 0.6 is 0 Å². The van der Waals surface area contributed by atoms with Gasteiger partial charge < -0.3 is 10.3 Å². The van der Waals surface area contributed by atoms with Crippen LogP contribution in [0.4, 0.5) is 4.39 Å². The monoisotopic (exact) mass is 192 g/mol. The Morgan fingerprint density at radius 2 is 2.14 bits per heavy atom. The van der Waals surface area contributed by atoms with E-state index in [4.69, 9.17) is 5.73 Å². The summed E-state index contributed by atoms with van der Waals surface area (Å²) >= 11 is 0. The number of fused-ring (bicyclic) bond motifs is 1. The number of benzene rings is 1. The molecule has 0 aliphatic carbocycles. The second-order valence-electron chi connectivity index (χ2n) is 3.65. The van der Waals surface area contributed by atoms with Crippen molar-refractivity contribution in [3.05, 3.63) is 35.8 Å². The summed E-state index contributed by atoms with van der Waals surface area (Å²) in [6.45, 7) is 1.93. The molecule has 0 radical (unpaired) electrons. The van der Waals surface area contributed by atoms with E-state index in [1.54, 1.807) is 6.07 Å². The van der Waals surface area contributed by atoms with Crippen LogP contribution in [0.25, 0.3) is 10.9 Å². The lowest BCUT2D eigenvalue weighted by Crippen LogP contribution is -2.03. The highest BCUT2D eigenvalue weighted by atomic mass is 19.1. The number of aromatic nitrogens is 1. The van der Waals surface area contributed by atoms with Crippen LogP contribution in [-0.2, 0) is 7.05 Å². The maximum Gasteiger partial charge on any atom is 0.125 e. The zero-order chi connectivity index (χ0) is 10.3. The smallest absolute Gasteiger partial charge is 0.125 e. The van der Waals surface area contributed by atoms with Crippen molar-refractivity contribution in [2.24, 2.45) is 12.8 Å². The molecular weight excluding hydrogens is 179 g/mol. The zero-order valence-corrected chi connectivity index (χ0v) is 8.29. The topological polar surface area (TPSA) is 30.9 Å². The fraction of sp³-hybridized carbons (Fsp3) is 0.273. The molecule has 0 saturated carbocycles. The third kappa shape index (κ3) is 1.30. The molecule has 0 bridgehead atoms. The number of hydrogen-bond donors (Lipinski definition) is 1. The van der Waals surface area contributed by atoms with Gasteiger partial charge in [-0.3, -0.25) is 0 Å². The van der Waals surface area contributed by atoms with Gasteiger partial charge >= 0.3 is 0 Å². The third-order valence-corrected chi connectivity index (χ3v) is 2.47. The van der Waals surface area contributed by atoms with Gasteiger partial charge in [0.05, 0.1) is 5.52 Å². The summed E-state index contributed by atoms with van der Waals surface area (Å²) in [5, 5.41) is 1.03. The summed E-state index contributed by atoms with van der Waals surface area (Å²) in [6, 6.07) is 4.75. The van der Waals surface area contributed by atoms with Crippen LogP contribution in [0, 0.1) is 5.82 Å². The minimum absolute atomic E-state index is 0.0239. The quantitative estimate of drug-likeness (QED) is 0.738. The minimum Gasteiger partial charge on any atom is -0.350 e. The number of aryl methyl sites for hydroxylation is 1. The number of hydrogen-bond acceptors (Lipinski definition) is 1. The summed E-state index contributed by atoms with van der Waals surface area (Å²) in [5.41, 5.74) is 7.77. The van der Waals surface area contributed by atoms with E-state index in [-0.39, 0.29) is 11.9 Å². The second kappa shape index (κ2) is 3.10. The largest absolute Gasteiger partial charge is 0.350 e. The van der Waals surface area contributed by atoms with Gasteiger partial charge in [0.25, 0.3) is 0 Å². The molecule has 2 rings (SSSR count). The van der Waals surface area contributed by atoms with E-state index in [1.807, 2.05) is 24.7 Å². The Hall–Kier alpha value is -1.35. The molecule has 1 heterocycles. The minimum atomic E-state index is -0.213. The van der Waals surface area contributed by atoms with Gasteiger partial charge in [0.1, 0.15) is 5.82 Å². The van der Waals surface area contributed by atoms with Gasteiger partial charge in [-0.2, -0.15) is 0 Å². The fourth-order valence-corrected chi connectivity index (χ4v) is 1.75. The maximum atomic E-state index is 13.0. The molecule has 2 nitrogen and oxygen atoms in total. The molecule has 0 amide bonds. The van der Waals surface area contributed by atoms with Crippen LogP contribution in [0.15, 0.2) is 24.4 Å². The van der Waals surface area contributed by atoms with E-state index in [0.717, 1.165) is 16.5 Å². The maximum absolute atomic E-state index is 13.0. The van der Waals surface area contributed by atoms with Crippen LogP contribution in [0.2, 0.25) is 0 Å². The van der Waals surface area contributed by atoms with Gasteiger partial charge in [-0.1, -0.05) is 0 Å². The Kier molecular flexibility index (Phi) is 2.04. The Bertz CT molecular complexity index is 471. The summed E-state index contributed by atoms with van der Waals surface area (Å²) in [5.74, 6) is -0.213. The molecule has 0 aliphatic rings. The first kappa shape index (κ1) is 9.21. The van der Waals surface area contributed by atoms with Crippen molar-refractivity contribution in [3.8, 4) is 0 Å². The Labute approximate surface area is 82.1 Å². The first-order chi connectivity index (χ1) is 6.59. The van der Waals surface area contributed by atoms with E-state index in [1.165, 1.54) is 12.1 Å². The number of rotatable bonds is 1. The molecule has 3 heteroatoms.